The molecule has 5 N–H and O–H groups in total. The van der Waals surface area contributed by atoms with Gasteiger partial charge in [-0.15, -0.1) is 0 Å². The van der Waals surface area contributed by atoms with E-state index in [9.17, 15) is 5.11 Å². The van der Waals surface area contributed by atoms with Gasteiger partial charge in [0, 0.05) is 0 Å². The van der Waals surface area contributed by atoms with E-state index in [-0.39, 0.29) is 13.2 Å². The van der Waals surface area contributed by atoms with Crippen LogP contribution in [0.4, 0.5) is 0 Å². The summed E-state index contributed by atoms with van der Waals surface area (Å²) in [6.45, 7) is 10.8. The van der Waals surface area contributed by atoms with Gasteiger partial charge in [-0.1, -0.05) is 27.7 Å². The summed E-state index contributed by atoms with van der Waals surface area (Å²) in [6.07, 6.45) is 0.820. The summed E-state index contributed by atoms with van der Waals surface area (Å²) in [5, 5.41) is 10.1. The molecule has 8 nitrogen and oxygen atoms in total. The molecule has 0 spiro atoms. The van der Waals surface area contributed by atoms with Gasteiger partial charge in [0.15, 0.2) is 0 Å². The third-order valence-corrected chi connectivity index (χ3v) is 5.44. The zero-order chi connectivity index (χ0) is 19.9. The monoisotopic (exact) mass is 404 g/mol. The van der Waals surface area contributed by atoms with E-state index in [2.05, 4.69) is 0 Å². The summed E-state index contributed by atoms with van der Waals surface area (Å²) in [6, 6.07) is 0. The first kappa shape index (κ1) is 25.5. The smallest absolute Gasteiger partial charge is 0.327 e. The summed E-state index contributed by atoms with van der Waals surface area (Å²) >= 11 is 0. The van der Waals surface area contributed by atoms with Crippen LogP contribution in [-0.4, -0.2) is 56.2 Å². The molecule has 0 bridgehead atoms. The first-order chi connectivity index (χ1) is 11.4. The van der Waals surface area contributed by atoms with Gasteiger partial charge < -0.3 is 38.5 Å². The Morgan fingerprint density at radius 2 is 1.28 bits per heavy atom. The van der Waals surface area contributed by atoms with Crippen LogP contribution in [0.1, 0.15) is 54.4 Å². The zero-order valence-corrected chi connectivity index (χ0v) is 17.8. The lowest BCUT2D eigenvalue weighted by atomic mass is 9.69. The molecule has 0 aromatic rings. The van der Waals surface area contributed by atoms with E-state index in [1.54, 1.807) is 0 Å². The normalized spacial score (nSPS) is 15.2. The third-order valence-electron chi connectivity index (χ3n) is 4.72. The second-order valence-electron chi connectivity index (χ2n) is 7.53. The predicted molar refractivity (Wildman–Crippen MR) is 97.5 cm³/mol. The molecule has 0 rings (SSSR count). The van der Waals surface area contributed by atoms with Crippen LogP contribution in [0.5, 0.6) is 0 Å². The van der Waals surface area contributed by atoms with Gasteiger partial charge in [0.2, 0.25) is 0 Å². The largest absolute Gasteiger partial charge is 0.396 e. The van der Waals surface area contributed by atoms with Gasteiger partial charge in [-0.25, -0.2) is 0 Å². The molecule has 0 saturated carbocycles. The van der Waals surface area contributed by atoms with Crippen molar-refractivity contribution in [2.45, 2.75) is 66.1 Å². The lowest BCUT2D eigenvalue weighted by molar-refractivity contribution is -0.201. The van der Waals surface area contributed by atoms with Crippen LogP contribution in [0, 0.1) is 10.8 Å². The van der Waals surface area contributed by atoms with Crippen LogP contribution in [0.25, 0.3) is 0 Å². The first-order valence-electron chi connectivity index (χ1n) is 8.26. The Morgan fingerprint density at radius 3 is 1.56 bits per heavy atom. The van der Waals surface area contributed by atoms with E-state index < -0.39 is 46.3 Å². The molecule has 10 heteroatoms. The van der Waals surface area contributed by atoms with Crippen molar-refractivity contribution in [1.82, 2.24) is 0 Å². The average molecular weight is 404 g/mol. The predicted octanol–water partition coefficient (Wildman–Crippen LogP) is 2.43. The molecule has 0 aliphatic rings. The maximum Gasteiger partial charge on any atom is 0.327 e. The van der Waals surface area contributed by atoms with Crippen molar-refractivity contribution in [1.29, 1.82) is 0 Å². The summed E-state index contributed by atoms with van der Waals surface area (Å²) in [5.74, 6) is 0. The highest BCUT2D eigenvalue weighted by molar-refractivity contribution is 7.39. The van der Waals surface area contributed by atoms with Crippen molar-refractivity contribution in [2.24, 2.45) is 10.8 Å². The van der Waals surface area contributed by atoms with Crippen molar-refractivity contribution in [3.8, 4) is 0 Å². The molecular weight excluding hydrogens is 370 g/mol. The second kappa shape index (κ2) is 10.8. The minimum atomic E-state index is -2.64. The van der Waals surface area contributed by atoms with Gasteiger partial charge in [0.25, 0.3) is 0 Å². The molecule has 1 unspecified atom stereocenters. The number of ether oxygens (including phenoxy) is 1. The summed E-state index contributed by atoms with van der Waals surface area (Å²) in [5.41, 5.74) is -2.14. The van der Waals surface area contributed by atoms with E-state index in [0.29, 0.717) is 12.8 Å². The Bertz CT molecular complexity index is 365. The summed E-state index contributed by atoms with van der Waals surface area (Å²) < 4.78 is 16.3. The molecule has 0 aliphatic heterocycles. The van der Waals surface area contributed by atoms with Crippen molar-refractivity contribution < 1.29 is 38.5 Å². The van der Waals surface area contributed by atoms with Crippen molar-refractivity contribution in [3.05, 3.63) is 0 Å². The Kier molecular flexibility index (Phi) is 11.0. The van der Waals surface area contributed by atoms with Crippen molar-refractivity contribution in [3.63, 3.8) is 0 Å². The SMILES string of the molecule is CCC(C)(C)OC(C(C)(C)CC)C(CO)(COP(O)O)COP(O)O. The van der Waals surface area contributed by atoms with E-state index >= 15 is 0 Å². The van der Waals surface area contributed by atoms with Gasteiger partial charge in [-0.3, -0.25) is 0 Å². The number of hydrogen-bond donors (Lipinski definition) is 5. The average Bonchev–Trinajstić information content (AvgIpc) is 2.53. The summed E-state index contributed by atoms with van der Waals surface area (Å²) in [7, 11) is -5.28. The Labute approximate surface area is 153 Å². The molecule has 0 aromatic heterocycles. The lowest BCUT2D eigenvalue weighted by Gasteiger charge is -2.49. The highest BCUT2D eigenvalue weighted by Gasteiger charge is 2.50. The molecule has 0 aromatic carbocycles. The Balaban J connectivity index is 5.91. The fourth-order valence-corrected chi connectivity index (χ4v) is 3.19. The van der Waals surface area contributed by atoms with Gasteiger partial charge in [0.1, 0.15) is 0 Å². The molecule has 0 heterocycles. The number of hydrogen-bond acceptors (Lipinski definition) is 8. The highest BCUT2D eigenvalue weighted by atomic mass is 31.2. The van der Waals surface area contributed by atoms with Crippen LogP contribution >= 0.6 is 17.2 Å². The van der Waals surface area contributed by atoms with Crippen LogP contribution in [0.15, 0.2) is 0 Å². The van der Waals surface area contributed by atoms with Gasteiger partial charge >= 0.3 is 17.2 Å². The highest BCUT2D eigenvalue weighted by Crippen LogP contribution is 2.45. The third kappa shape index (κ3) is 8.39. The van der Waals surface area contributed by atoms with Crippen molar-refractivity contribution >= 4 is 17.2 Å². The second-order valence-corrected chi connectivity index (χ2v) is 9.05. The van der Waals surface area contributed by atoms with E-state index in [0.717, 1.165) is 0 Å². The van der Waals surface area contributed by atoms with Crippen LogP contribution in [0.2, 0.25) is 0 Å². The minimum Gasteiger partial charge on any atom is -0.396 e. The molecule has 152 valence electrons. The maximum atomic E-state index is 10.1. The topological polar surface area (TPSA) is 129 Å². The fraction of sp³-hybridized carbons (Fsp3) is 1.00. The van der Waals surface area contributed by atoms with E-state index in [4.69, 9.17) is 33.4 Å². The number of aliphatic hydroxyl groups is 1. The molecule has 0 aliphatic carbocycles. The standard InChI is InChI=1S/C15H34O8P2/c1-7-13(3,4)12(23-14(5,6)8-2)15(9-16,10-21-24(17)18)11-22-25(19)20/h12,16-20H,7-11H2,1-6H3. The van der Waals surface area contributed by atoms with Gasteiger partial charge in [-0.2, -0.15) is 0 Å². The molecule has 0 amide bonds. The molecule has 25 heavy (non-hydrogen) atoms. The van der Waals surface area contributed by atoms with Crippen LogP contribution < -0.4 is 0 Å². The van der Waals surface area contributed by atoms with Crippen LogP contribution in [-0.2, 0) is 13.8 Å². The van der Waals surface area contributed by atoms with Crippen LogP contribution in [0.3, 0.4) is 0 Å². The Hall–Kier alpha value is 0.540. The van der Waals surface area contributed by atoms with Crippen molar-refractivity contribution in [2.75, 3.05) is 19.8 Å². The van der Waals surface area contributed by atoms with E-state index in [1.807, 2.05) is 41.5 Å². The van der Waals surface area contributed by atoms with Gasteiger partial charge in [0.05, 0.1) is 36.9 Å². The fourth-order valence-electron chi connectivity index (χ4n) is 2.44. The molecule has 0 saturated heterocycles. The maximum absolute atomic E-state index is 10.1. The number of aliphatic hydroxyl groups excluding tert-OH is 1. The molecule has 1 atom stereocenters. The zero-order valence-electron chi connectivity index (χ0n) is 16.0. The first-order valence-corrected chi connectivity index (χ1v) is 10.6. The Morgan fingerprint density at radius 1 is 0.840 bits per heavy atom. The van der Waals surface area contributed by atoms with Gasteiger partial charge in [-0.05, 0) is 32.1 Å². The summed E-state index contributed by atoms with van der Waals surface area (Å²) in [4.78, 5) is 36.6. The van der Waals surface area contributed by atoms with E-state index in [1.165, 1.54) is 0 Å². The minimum absolute atomic E-state index is 0.265. The molecular formula is C15H34O8P2. The quantitative estimate of drug-likeness (QED) is 0.296. The molecule has 0 fully saturated rings. The molecule has 0 radical (unpaired) electrons. The lowest BCUT2D eigenvalue weighted by Crippen LogP contribution is -2.56. The number of rotatable bonds is 13.